The second-order valence-electron chi connectivity index (χ2n) is 6.01. The van der Waals surface area contributed by atoms with Crippen LogP contribution in [-0.2, 0) is 5.41 Å². The van der Waals surface area contributed by atoms with E-state index in [1.54, 1.807) is 0 Å². The molecule has 2 rings (SSSR count). The maximum absolute atomic E-state index is 6.09. The van der Waals surface area contributed by atoms with Gasteiger partial charge >= 0.3 is 0 Å². The molecule has 1 aliphatic rings. The molecule has 0 bridgehead atoms. The van der Waals surface area contributed by atoms with E-state index in [0.29, 0.717) is 10.0 Å². The average Bonchev–Trinajstić information content (AvgIpc) is 2.99. The molecule has 0 aliphatic heterocycles. The van der Waals surface area contributed by atoms with Crippen molar-refractivity contribution in [2.24, 2.45) is 0 Å². The predicted octanol–water partition coefficient (Wildman–Crippen LogP) is 4.41. The van der Waals surface area contributed by atoms with Crippen LogP contribution in [0.4, 0.5) is 0 Å². The molecule has 1 aliphatic carbocycles. The van der Waals surface area contributed by atoms with Crippen molar-refractivity contribution in [1.29, 1.82) is 0 Å². The lowest BCUT2D eigenvalue weighted by Gasteiger charge is -2.25. The molecule has 0 saturated heterocycles. The first kappa shape index (κ1) is 13.2. The van der Waals surface area contributed by atoms with Crippen molar-refractivity contribution >= 4 is 23.2 Å². The molecule has 0 heterocycles. The van der Waals surface area contributed by atoms with Crippen molar-refractivity contribution in [1.82, 2.24) is 5.32 Å². The van der Waals surface area contributed by atoms with Crippen molar-refractivity contribution < 1.29 is 0 Å². The van der Waals surface area contributed by atoms with Gasteiger partial charge in [0.1, 0.15) is 0 Å². The summed E-state index contributed by atoms with van der Waals surface area (Å²) in [5.41, 5.74) is 1.75. The van der Waals surface area contributed by atoms with E-state index in [1.165, 1.54) is 18.4 Å². The predicted molar refractivity (Wildman–Crippen MR) is 75.1 cm³/mol. The third-order valence-electron chi connectivity index (χ3n) is 3.34. The zero-order chi connectivity index (χ0) is 12.7. The Morgan fingerprint density at radius 3 is 2.29 bits per heavy atom. The van der Waals surface area contributed by atoms with Crippen molar-refractivity contribution in [3.63, 3.8) is 0 Å². The molecule has 1 aromatic rings. The molecule has 0 amide bonds. The van der Waals surface area contributed by atoms with Crippen LogP contribution in [0.3, 0.4) is 0 Å². The molecular formula is C14H19Cl2N. The second kappa shape index (κ2) is 4.46. The summed E-state index contributed by atoms with van der Waals surface area (Å²) >= 11 is 12.0. The summed E-state index contributed by atoms with van der Waals surface area (Å²) in [6.45, 7) is 7.59. The van der Waals surface area contributed by atoms with Gasteiger partial charge in [-0.25, -0.2) is 0 Å². The molecule has 3 heteroatoms. The Balaban J connectivity index is 2.13. The quantitative estimate of drug-likeness (QED) is 0.859. The Labute approximate surface area is 114 Å². The summed E-state index contributed by atoms with van der Waals surface area (Å²) in [5.74, 6) is 0. The minimum absolute atomic E-state index is 0.159. The van der Waals surface area contributed by atoms with Gasteiger partial charge in [-0.2, -0.15) is 0 Å². The van der Waals surface area contributed by atoms with Crippen molar-refractivity contribution in [3.8, 4) is 0 Å². The first-order valence-corrected chi connectivity index (χ1v) is 6.79. The Hall–Kier alpha value is -0.240. The van der Waals surface area contributed by atoms with E-state index in [-0.39, 0.29) is 11.0 Å². The van der Waals surface area contributed by atoms with Gasteiger partial charge in [0.15, 0.2) is 0 Å². The van der Waals surface area contributed by atoms with Crippen LogP contribution in [0, 0.1) is 0 Å². The molecule has 1 saturated carbocycles. The van der Waals surface area contributed by atoms with E-state index in [9.17, 15) is 0 Å². The van der Waals surface area contributed by atoms with E-state index >= 15 is 0 Å². The van der Waals surface area contributed by atoms with E-state index < -0.39 is 0 Å². The van der Waals surface area contributed by atoms with Crippen LogP contribution >= 0.6 is 23.2 Å². The highest BCUT2D eigenvalue weighted by molar-refractivity contribution is 6.42. The van der Waals surface area contributed by atoms with E-state index in [0.717, 1.165) is 6.54 Å². The lowest BCUT2D eigenvalue weighted by Crippen LogP contribution is -2.40. The van der Waals surface area contributed by atoms with Crippen molar-refractivity contribution in [3.05, 3.63) is 33.8 Å². The molecule has 94 valence electrons. The largest absolute Gasteiger partial charge is 0.311 e. The maximum Gasteiger partial charge on any atom is 0.0595 e. The Morgan fingerprint density at radius 2 is 1.82 bits per heavy atom. The molecule has 1 nitrogen and oxygen atoms in total. The van der Waals surface area contributed by atoms with Crippen LogP contribution in [0.25, 0.3) is 0 Å². The zero-order valence-electron chi connectivity index (χ0n) is 10.6. The summed E-state index contributed by atoms with van der Waals surface area (Å²) in [7, 11) is 0. The smallest absolute Gasteiger partial charge is 0.0595 e. The standard InChI is InChI=1S/C14H19Cl2N/c1-13(2,3)17-9-14(6-7-14)10-4-5-11(15)12(16)8-10/h4-5,8,17H,6-7,9H2,1-3H3. The minimum Gasteiger partial charge on any atom is -0.311 e. The van der Waals surface area contributed by atoms with Gasteiger partial charge in [-0.05, 0) is 51.3 Å². The number of halogens is 2. The molecule has 1 N–H and O–H groups in total. The highest BCUT2D eigenvalue weighted by Gasteiger charge is 2.44. The van der Waals surface area contributed by atoms with Gasteiger partial charge in [-0.1, -0.05) is 29.3 Å². The van der Waals surface area contributed by atoms with E-state index in [2.05, 4.69) is 32.2 Å². The SMILES string of the molecule is CC(C)(C)NCC1(c2ccc(Cl)c(Cl)c2)CC1. The first-order chi connectivity index (χ1) is 7.82. The van der Waals surface area contributed by atoms with Gasteiger partial charge in [-0.3, -0.25) is 0 Å². The molecule has 0 atom stereocenters. The molecule has 0 radical (unpaired) electrons. The summed E-state index contributed by atoms with van der Waals surface area (Å²) in [6.07, 6.45) is 2.46. The molecule has 0 aromatic heterocycles. The van der Waals surface area contributed by atoms with Gasteiger partial charge < -0.3 is 5.32 Å². The molecular weight excluding hydrogens is 253 g/mol. The highest BCUT2D eigenvalue weighted by Crippen LogP contribution is 2.48. The van der Waals surface area contributed by atoms with Crippen LogP contribution in [0.15, 0.2) is 18.2 Å². The number of hydrogen-bond acceptors (Lipinski definition) is 1. The second-order valence-corrected chi connectivity index (χ2v) is 6.83. The Bertz CT molecular complexity index is 417. The van der Waals surface area contributed by atoms with Crippen LogP contribution < -0.4 is 5.32 Å². The molecule has 1 fully saturated rings. The van der Waals surface area contributed by atoms with Crippen molar-refractivity contribution in [2.45, 2.75) is 44.6 Å². The Kier molecular flexibility index (Phi) is 3.46. The van der Waals surface area contributed by atoms with Crippen LogP contribution in [0.5, 0.6) is 0 Å². The molecule has 0 spiro atoms. The first-order valence-electron chi connectivity index (χ1n) is 6.03. The van der Waals surface area contributed by atoms with E-state index in [1.807, 2.05) is 12.1 Å². The molecule has 17 heavy (non-hydrogen) atoms. The number of benzene rings is 1. The van der Waals surface area contributed by atoms with Crippen molar-refractivity contribution in [2.75, 3.05) is 6.54 Å². The van der Waals surface area contributed by atoms with Crippen LogP contribution in [0.2, 0.25) is 10.0 Å². The highest BCUT2D eigenvalue weighted by atomic mass is 35.5. The number of hydrogen-bond donors (Lipinski definition) is 1. The minimum atomic E-state index is 0.159. The normalized spacial score (nSPS) is 18.2. The molecule has 1 aromatic carbocycles. The zero-order valence-corrected chi connectivity index (χ0v) is 12.1. The third kappa shape index (κ3) is 3.15. The Morgan fingerprint density at radius 1 is 1.18 bits per heavy atom. The fourth-order valence-corrected chi connectivity index (χ4v) is 2.28. The van der Waals surface area contributed by atoms with Gasteiger partial charge in [0, 0.05) is 17.5 Å². The monoisotopic (exact) mass is 271 g/mol. The summed E-state index contributed by atoms with van der Waals surface area (Å²) in [6, 6.07) is 6.02. The fraction of sp³-hybridized carbons (Fsp3) is 0.571. The fourth-order valence-electron chi connectivity index (χ4n) is 1.98. The molecule has 0 unspecified atom stereocenters. The number of rotatable bonds is 3. The third-order valence-corrected chi connectivity index (χ3v) is 4.08. The van der Waals surface area contributed by atoms with Gasteiger partial charge in [0.2, 0.25) is 0 Å². The summed E-state index contributed by atoms with van der Waals surface area (Å²) < 4.78 is 0. The number of nitrogens with one attached hydrogen (secondary N) is 1. The lowest BCUT2D eigenvalue weighted by atomic mass is 9.94. The maximum atomic E-state index is 6.09. The average molecular weight is 272 g/mol. The van der Waals surface area contributed by atoms with Crippen LogP contribution in [-0.4, -0.2) is 12.1 Å². The summed E-state index contributed by atoms with van der Waals surface area (Å²) in [4.78, 5) is 0. The van der Waals surface area contributed by atoms with Gasteiger partial charge in [-0.15, -0.1) is 0 Å². The van der Waals surface area contributed by atoms with Crippen LogP contribution in [0.1, 0.15) is 39.2 Å². The topological polar surface area (TPSA) is 12.0 Å². The lowest BCUT2D eigenvalue weighted by molar-refractivity contribution is 0.400. The summed E-state index contributed by atoms with van der Waals surface area (Å²) in [5, 5.41) is 4.87. The van der Waals surface area contributed by atoms with Gasteiger partial charge in [0.05, 0.1) is 10.0 Å². The van der Waals surface area contributed by atoms with Gasteiger partial charge in [0.25, 0.3) is 0 Å². The van der Waals surface area contributed by atoms with E-state index in [4.69, 9.17) is 23.2 Å².